The van der Waals surface area contributed by atoms with Gasteiger partial charge in [-0.25, -0.2) is 4.98 Å². The third-order valence-electron chi connectivity index (χ3n) is 5.08. The molecule has 2 aliphatic heterocycles. The lowest BCUT2D eigenvalue weighted by molar-refractivity contribution is 0.0563. The van der Waals surface area contributed by atoms with Gasteiger partial charge in [0.1, 0.15) is 5.69 Å². The Labute approximate surface area is 138 Å². The van der Waals surface area contributed by atoms with Gasteiger partial charge in [0.25, 0.3) is 5.91 Å². The third kappa shape index (κ3) is 3.72. The summed E-state index contributed by atoms with van der Waals surface area (Å²) in [5, 5.41) is 10.0. The van der Waals surface area contributed by atoms with Crippen LogP contribution < -0.4 is 0 Å². The largest absolute Gasteiger partial charge is 0.388 e. The number of nitrogens with zero attached hydrogens (tertiary/aromatic N) is 3. The summed E-state index contributed by atoms with van der Waals surface area (Å²) in [6.45, 7) is 10.3. The van der Waals surface area contributed by atoms with Crippen molar-refractivity contribution in [1.29, 1.82) is 0 Å². The zero-order valence-corrected chi connectivity index (χ0v) is 14.3. The Hall–Kier alpha value is -1.46. The van der Waals surface area contributed by atoms with Crippen molar-refractivity contribution in [3.8, 4) is 0 Å². The van der Waals surface area contributed by atoms with Gasteiger partial charge in [0.15, 0.2) is 0 Å². The molecular weight excluding hydrogens is 290 g/mol. The molecule has 1 atom stereocenters. The van der Waals surface area contributed by atoms with E-state index in [1.165, 1.54) is 0 Å². The van der Waals surface area contributed by atoms with Gasteiger partial charge >= 0.3 is 0 Å². The first-order valence-corrected chi connectivity index (χ1v) is 8.54. The molecule has 2 saturated heterocycles. The van der Waals surface area contributed by atoms with E-state index in [0.29, 0.717) is 25.2 Å². The van der Waals surface area contributed by atoms with Crippen LogP contribution in [0.3, 0.4) is 0 Å². The van der Waals surface area contributed by atoms with Crippen LogP contribution >= 0.6 is 0 Å². The van der Waals surface area contributed by atoms with E-state index in [-0.39, 0.29) is 5.91 Å². The molecule has 0 radical (unpaired) electrons. The fourth-order valence-corrected chi connectivity index (χ4v) is 3.36. The Bertz CT molecular complexity index is 579. The first kappa shape index (κ1) is 16.4. The quantitative estimate of drug-likeness (QED) is 0.919. The van der Waals surface area contributed by atoms with Crippen molar-refractivity contribution < 1.29 is 9.90 Å². The second kappa shape index (κ2) is 6.21. The molecule has 5 nitrogen and oxygen atoms in total. The molecule has 0 saturated carbocycles. The van der Waals surface area contributed by atoms with Crippen LogP contribution in [-0.2, 0) is 6.54 Å². The van der Waals surface area contributed by atoms with E-state index in [1.807, 2.05) is 12.1 Å². The Morgan fingerprint density at radius 3 is 2.78 bits per heavy atom. The van der Waals surface area contributed by atoms with E-state index in [0.717, 1.165) is 37.2 Å². The molecule has 2 fully saturated rings. The molecule has 0 aromatic carbocycles. The summed E-state index contributed by atoms with van der Waals surface area (Å²) in [4.78, 5) is 21.2. The molecule has 126 valence electrons. The van der Waals surface area contributed by atoms with Gasteiger partial charge in [-0.1, -0.05) is 19.9 Å². The van der Waals surface area contributed by atoms with E-state index in [2.05, 4.69) is 23.7 Å². The zero-order chi connectivity index (χ0) is 16.6. The van der Waals surface area contributed by atoms with Crippen LogP contribution in [0.1, 0.15) is 43.4 Å². The lowest BCUT2D eigenvalue weighted by Crippen LogP contribution is -2.48. The van der Waals surface area contributed by atoms with Crippen LogP contribution in [0.2, 0.25) is 0 Å². The highest BCUT2D eigenvalue weighted by Crippen LogP contribution is 2.25. The van der Waals surface area contributed by atoms with E-state index in [4.69, 9.17) is 0 Å². The average Bonchev–Trinajstić information content (AvgIpc) is 2.81. The van der Waals surface area contributed by atoms with Crippen molar-refractivity contribution >= 4 is 5.91 Å². The number of carbonyl (C=O) groups excluding carboxylic acids is 1. The summed E-state index contributed by atoms with van der Waals surface area (Å²) in [5.41, 5.74) is 0.668. The normalized spacial score (nSPS) is 25.9. The van der Waals surface area contributed by atoms with Gasteiger partial charge in [-0.3, -0.25) is 9.69 Å². The summed E-state index contributed by atoms with van der Waals surface area (Å²) >= 11 is 0. The molecule has 1 aromatic rings. The first-order valence-electron chi connectivity index (χ1n) is 8.54. The van der Waals surface area contributed by atoms with Crippen molar-refractivity contribution in [3.63, 3.8) is 0 Å². The third-order valence-corrected chi connectivity index (χ3v) is 5.08. The van der Waals surface area contributed by atoms with Crippen LogP contribution in [0.5, 0.6) is 0 Å². The highest BCUT2D eigenvalue weighted by atomic mass is 16.3. The molecule has 1 unspecified atom stereocenters. The Morgan fingerprint density at radius 2 is 2.17 bits per heavy atom. The molecule has 23 heavy (non-hydrogen) atoms. The van der Waals surface area contributed by atoms with E-state index in [1.54, 1.807) is 17.9 Å². The van der Waals surface area contributed by atoms with Gasteiger partial charge < -0.3 is 10.0 Å². The Kier molecular flexibility index (Phi) is 4.43. The number of hydrogen-bond donors (Lipinski definition) is 1. The lowest BCUT2D eigenvalue weighted by Gasteiger charge is -2.41. The van der Waals surface area contributed by atoms with E-state index in [9.17, 15) is 9.90 Å². The number of carbonyl (C=O) groups is 1. The van der Waals surface area contributed by atoms with Gasteiger partial charge in [0.05, 0.1) is 11.3 Å². The van der Waals surface area contributed by atoms with Crippen LogP contribution in [0, 0.1) is 11.8 Å². The maximum Gasteiger partial charge on any atom is 0.272 e. The maximum absolute atomic E-state index is 12.5. The first-order chi connectivity index (χ1) is 10.8. The summed E-state index contributed by atoms with van der Waals surface area (Å²) in [5.74, 6) is 1.44. The van der Waals surface area contributed by atoms with Gasteiger partial charge in [-0.05, 0) is 37.3 Å². The molecule has 3 heterocycles. The molecule has 0 bridgehead atoms. The summed E-state index contributed by atoms with van der Waals surface area (Å²) in [7, 11) is 0. The lowest BCUT2D eigenvalue weighted by atomic mass is 9.88. The second-order valence-corrected chi connectivity index (χ2v) is 7.69. The standard InChI is InChI=1S/C18H27N3O2/c1-13(2)14-9-20(10-14)11-15-5-4-6-16(19-15)17(22)21-8-7-18(3,23)12-21/h4-6,13-14,23H,7-12H2,1-3H3. The molecule has 1 aromatic heterocycles. The molecule has 0 aliphatic carbocycles. The van der Waals surface area contributed by atoms with Crippen molar-refractivity contribution in [2.45, 2.75) is 39.3 Å². The minimum absolute atomic E-state index is 0.0757. The molecule has 1 N–H and O–H groups in total. The predicted octanol–water partition coefficient (Wildman–Crippen LogP) is 1.77. The van der Waals surface area contributed by atoms with Crippen molar-refractivity contribution in [3.05, 3.63) is 29.6 Å². The highest BCUT2D eigenvalue weighted by Gasteiger charge is 2.35. The van der Waals surface area contributed by atoms with Crippen LogP contribution in [0.4, 0.5) is 0 Å². The van der Waals surface area contributed by atoms with Crippen LogP contribution in [0.25, 0.3) is 0 Å². The SMILES string of the molecule is CC(C)C1CN(Cc2cccc(C(=O)N3CCC(C)(O)C3)n2)C1. The van der Waals surface area contributed by atoms with Crippen molar-refractivity contribution in [2.75, 3.05) is 26.2 Å². The minimum atomic E-state index is -0.767. The summed E-state index contributed by atoms with van der Waals surface area (Å²) < 4.78 is 0. The number of amides is 1. The van der Waals surface area contributed by atoms with Crippen molar-refractivity contribution in [1.82, 2.24) is 14.8 Å². The Balaban J connectivity index is 1.61. The zero-order valence-electron chi connectivity index (χ0n) is 14.3. The molecule has 1 amide bonds. The van der Waals surface area contributed by atoms with E-state index < -0.39 is 5.60 Å². The van der Waals surface area contributed by atoms with Gasteiger partial charge in [-0.2, -0.15) is 0 Å². The topological polar surface area (TPSA) is 56.7 Å². The maximum atomic E-state index is 12.5. The number of aromatic nitrogens is 1. The van der Waals surface area contributed by atoms with E-state index >= 15 is 0 Å². The number of likely N-dealkylation sites (tertiary alicyclic amines) is 2. The van der Waals surface area contributed by atoms with Crippen LogP contribution in [0.15, 0.2) is 18.2 Å². The fraction of sp³-hybridized carbons (Fsp3) is 0.667. The van der Waals surface area contributed by atoms with Gasteiger partial charge in [0, 0.05) is 32.7 Å². The number of aliphatic hydroxyl groups is 1. The highest BCUT2D eigenvalue weighted by molar-refractivity contribution is 5.92. The molecular formula is C18H27N3O2. The number of rotatable bonds is 4. The Morgan fingerprint density at radius 1 is 1.43 bits per heavy atom. The molecule has 2 aliphatic rings. The van der Waals surface area contributed by atoms with Gasteiger partial charge in [-0.15, -0.1) is 0 Å². The monoisotopic (exact) mass is 317 g/mol. The molecule has 5 heteroatoms. The predicted molar refractivity (Wildman–Crippen MR) is 89.0 cm³/mol. The van der Waals surface area contributed by atoms with Crippen molar-refractivity contribution in [2.24, 2.45) is 11.8 Å². The number of hydrogen-bond acceptors (Lipinski definition) is 4. The number of pyridine rings is 1. The average molecular weight is 317 g/mol. The molecule has 3 rings (SSSR count). The number of β-amino-alcohol motifs (C(OH)–C–C–N with tert-alkyl or cyclic N) is 1. The molecule has 0 spiro atoms. The summed E-state index contributed by atoms with van der Waals surface area (Å²) in [6.07, 6.45) is 0.628. The minimum Gasteiger partial charge on any atom is -0.388 e. The fourth-order valence-electron chi connectivity index (χ4n) is 3.36. The smallest absolute Gasteiger partial charge is 0.272 e. The second-order valence-electron chi connectivity index (χ2n) is 7.69. The van der Waals surface area contributed by atoms with Gasteiger partial charge in [0.2, 0.25) is 0 Å². The van der Waals surface area contributed by atoms with Crippen LogP contribution in [-0.4, -0.2) is 57.6 Å². The summed E-state index contributed by atoms with van der Waals surface area (Å²) in [6, 6.07) is 5.66.